The molecule has 1 aliphatic rings. The number of pyridine rings is 1. The van der Waals surface area contributed by atoms with Gasteiger partial charge in [-0.05, 0) is 66.8 Å². The highest BCUT2D eigenvalue weighted by molar-refractivity contribution is 9.10. The SMILES string of the molecule is CC/C=C(F)\C=C/CCc1cnc2c(c1Br)N(CC)C(=O)C(C(O)OCC)C2O. The van der Waals surface area contributed by atoms with Crippen LogP contribution in [0.4, 0.5) is 10.1 Å². The number of aliphatic hydroxyl groups is 2. The molecule has 29 heavy (non-hydrogen) atoms. The van der Waals surface area contributed by atoms with Crippen molar-refractivity contribution in [3.05, 3.63) is 46.0 Å². The summed E-state index contributed by atoms with van der Waals surface area (Å²) >= 11 is 3.55. The van der Waals surface area contributed by atoms with Crippen LogP contribution in [0.1, 0.15) is 51.0 Å². The number of aryl methyl sites for hydroxylation is 1. The predicted molar refractivity (Wildman–Crippen MR) is 113 cm³/mol. The van der Waals surface area contributed by atoms with E-state index >= 15 is 0 Å². The van der Waals surface area contributed by atoms with Crippen LogP contribution in [0.3, 0.4) is 0 Å². The molecular formula is C21H28BrFN2O4. The molecule has 0 aromatic carbocycles. The summed E-state index contributed by atoms with van der Waals surface area (Å²) in [6, 6.07) is 0. The van der Waals surface area contributed by atoms with Crippen molar-refractivity contribution in [3.63, 3.8) is 0 Å². The fourth-order valence-electron chi connectivity index (χ4n) is 3.34. The Kier molecular flexibility index (Phi) is 8.95. The number of nitrogens with zero attached hydrogens (tertiary/aromatic N) is 2. The molecule has 0 saturated heterocycles. The molecule has 2 rings (SSSR count). The number of hydrogen-bond acceptors (Lipinski definition) is 5. The molecule has 1 amide bonds. The molecule has 0 bridgehead atoms. The highest BCUT2D eigenvalue weighted by Crippen LogP contribution is 2.43. The van der Waals surface area contributed by atoms with Gasteiger partial charge in [0.25, 0.3) is 0 Å². The second-order valence-corrected chi connectivity index (χ2v) is 7.46. The standard InChI is InChI=1S/C21H28BrFN2O4/c1-4-9-14(23)11-8-7-10-13-12-24-17-18(16(13)22)25(5-2)20(27)15(19(17)26)21(28)29-6-3/h8-9,11-12,15,19,21,26,28H,4-7,10H2,1-3H3/b11-8-,14-9+. The molecule has 2 heterocycles. The Bertz CT molecular complexity index is 784. The van der Waals surface area contributed by atoms with E-state index in [0.29, 0.717) is 41.7 Å². The van der Waals surface area contributed by atoms with Crippen molar-refractivity contribution in [2.45, 2.75) is 52.4 Å². The van der Waals surface area contributed by atoms with Crippen LogP contribution in [0.2, 0.25) is 0 Å². The lowest BCUT2D eigenvalue weighted by molar-refractivity contribution is -0.170. The number of carbonyl (C=O) groups excluding carboxylic acids is 1. The fourth-order valence-corrected chi connectivity index (χ4v) is 4.05. The minimum absolute atomic E-state index is 0.217. The van der Waals surface area contributed by atoms with Gasteiger partial charge in [-0.2, -0.15) is 0 Å². The van der Waals surface area contributed by atoms with Gasteiger partial charge in [-0.25, -0.2) is 4.39 Å². The molecule has 160 valence electrons. The first-order valence-corrected chi connectivity index (χ1v) is 10.6. The summed E-state index contributed by atoms with van der Waals surface area (Å²) in [5.74, 6) is -1.82. The van der Waals surface area contributed by atoms with E-state index in [-0.39, 0.29) is 12.4 Å². The van der Waals surface area contributed by atoms with Gasteiger partial charge in [-0.3, -0.25) is 9.78 Å². The Morgan fingerprint density at radius 1 is 1.45 bits per heavy atom. The highest BCUT2D eigenvalue weighted by atomic mass is 79.9. The van der Waals surface area contributed by atoms with Crippen molar-refractivity contribution in [2.24, 2.45) is 5.92 Å². The van der Waals surface area contributed by atoms with Crippen LogP contribution < -0.4 is 4.90 Å². The second-order valence-electron chi connectivity index (χ2n) is 6.67. The molecule has 0 fully saturated rings. The largest absolute Gasteiger partial charge is 0.386 e. The Labute approximate surface area is 179 Å². The van der Waals surface area contributed by atoms with Crippen molar-refractivity contribution in [2.75, 3.05) is 18.1 Å². The van der Waals surface area contributed by atoms with E-state index in [4.69, 9.17) is 4.74 Å². The van der Waals surface area contributed by atoms with E-state index in [1.54, 1.807) is 19.2 Å². The molecule has 1 aliphatic heterocycles. The monoisotopic (exact) mass is 470 g/mol. The van der Waals surface area contributed by atoms with Crippen molar-refractivity contribution in [3.8, 4) is 0 Å². The highest BCUT2D eigenvalue weighted by Gasteiger charge is 2.45. The quantitative estimate of drug-likeness (QED) is 0.421. The Hall–Kier alpha value is -1.61. The van der Waals surface area contributed by atoms with Gasteiger partial charge in [0.05, 0.1) is 11.4 Å². The number of halogens is 2. The van der Waals surface area contributed by atoms with Gasteiger partial charge >= 0.3 is 0 Å². The van der Waals surface area contributed by atoms with Crippen molar-refractivity contribution >= 4 is 27.5 Å². The lowest BCUT2D eigenvalue weighted by Gasteiger charge is -2.38. The molecule has 3 unspecified atom stereocenters. The molecule has 0 aliphatic carbocycles. The van der Waals surface area contributed by atoms with Gasteiger partial charge in [0.2, 0.25) is 5.91 Å². The number of allylic oxidation sites excluding steroid dienone is 4. The van der Waals surface area contributed by atoms with Crippen molar-refractivity contribution in [1.29, 1.82) is 0 Å². The number of amides is 1. The maximum absolute atomic E-state index is 13.4. The van der Waals surface area contributed by atoms with Gasteiger partial charge in [0.15, 0.2) is 6.29 Å². The third kappa shape index (κ3) is 5.31. The van der Waals surface area contributed by atoms with Crippen LogP contribution in [0.15, 0.2) is 34.7 Å². The number of aliphatic hydroxyl groups excluding tert-OH is 2. The van der Waals surface area contributed by atoms with Crippen molar-refractivity contribution < 1.29 is 24.1 Å². The minimum atomic E-state index is -1.42. The topological polar surface area (TPSA) is 82.9 Å². The van der Waals surface area contributed by atoms with Crippen LogP contribution in [0.25, 0.3) is 0 Å². The molecule has 1 aromatic heterocycles. The molecular weight excluding hydrogens is 443 g/mol. The summed E-state index contributed by atoms with van der Waals surface area (Å²) in [4.78, 5) is 18.8. The molecule has 2 N–H and O–H groups in total. The van der Waals surface area contributed by atoms with E-state index in [1.165, 1.54) is 17.1 Å². The summed E-state index contributed by atoms with van der Waals surface area (Å²) < 4.78 is 19.2. The lowest BCUT2D eigenvalue weighted by atomic mass is 9.90. The zero-order chi connectivity index (χ0) is 21.6. The van der Waals surface area contributed by atoms with Gasteiger partial charge in [-0.1, -0.05) is 13.0 Å². The molecule has 0 radical (unpaired) electrons. The molecule has 6 nitrogen and oxygen atoms in total. The zero-order valence-electron chi connectivity index (χ0n) is 16.9. The molecule has 3 atom stereocenters. The Morgan fingerprint density at radius 3 is 2.79 bits per heavy atom. The maximum Gasteiger partial charge on any atom is 0.238 e. The summed E-state index contributed by atoms with van der Waals surface area (Å²) in [6.45, 7) is 5.96. The van der Waals surface area contributed by atoms with Gasteiger partial charge in [0, 0.05) is 23.8 Å². The van der Waals surface area contributed by atoms with Crippen LogP contribution in [-0.2, 0) is 16.0 Å². The molecule has 0 spiro atoms. The van der Waals surface area contributed by atoms with Crippen molar-refractivity contribution in [1.82, 2.24) is 4.98 Å². The van der Waals surface area contributed by atoms with Crippen LogP contribution in [0, 0.1) is 5.92 Å². The van der Waals surface area contributed by atoms with Crippen LogP contribution in [0.5, 0.6) is 0 Å². The predicted octanol–water partition coefficient (Wildman–Crippen LogP) is 3.97. The average molecular weight is 471 g/mol. The third-order valence-corrected chi connectivity index (χ3v) is 5.64. The number of hydrogen-bond donors (Lipinski definition) is 2. The van der Waals surface area contributed by atoms with E-state index in [0.717, 1.165) is 5.56 Å². The Morgan fingerprint density at radius 2 is 2.17 bits per heavy atom. The van der Waals surface area contributed by atoms with Gasteiger partial charge in [-0.15, -0.1) is 0 Å². The number of anilines is 1. The van der Waals surface area contributed by atoms with Crippen LogP contribution >= 0.6 is 15.9 Å². The fraction of sp³-hybridized carbons (Fsp3) is 0.524. The summed E-state index contributed by atoms with van der Waals surface area (Å²) in [6.07, 6.45) is 5.45. The smallest absolute Gasteiger partial charge is 0.238 e. The first kappa shape index (κ1) is 23.7. The van der Waals surface area contributed by atoms with E-state index in [2.05, 4.69) is 20.9 Å². The molecule has 0 saturated carbocycles. The summed E-state index contributed by atoms with van der Waals surface area (Å²) in [7, 11) is 0. The maximum atomic E-state index is 13.4. The van der Waals surface area contributed by atoms with Crippen LogP contribution in [-0.4, -0.2) is 40.5 Å². The minimum Gasteiger partial charge on any atom is -0.386 e. The first-order chi connectivity index (χ1) is 13.9. The second kappa shape index (κ2) is 11.0. The van der Waals surface area contributed by atoms with E-state index in [1.807, 2.05) is 13.8 Å². The summed E-state index contributed by atoms with van der Waals surface area (Å²) in [5, 5.41) is 20.9. The normalized spacial score (nSPS) is 21.0. The molecule has 1 aromatic rings. The number of rotatable bonds is 9. The third-order valence-electron chi connectivity index (χ3n) is 4.75. The van der Waals surface area contributed by atoms with E-state index < -0.39 is 24.2 Å². The van der Waals surface area contributed by atoms with Gasteiger partial charge < -0.3 is 19.8 Å². The zero-order valence-corrected chi connectivity index (χ0v) is 18.5. The number of carbonyl (C=O) groups is 1. The number of fused-ring (bicyclic) bond motifs is 1. The lowest BCUT2D eigenvalue weighted by Crippen LogP contribution is -2.49. The van der Waals surface area contributed by atoms with E-state index in [9.17, 15) is 19.4 Å². The number of aromatic nitrogens is 1. The van der Waals surface area contributed by atoms with Gasteiger partial charge in [0.1, 0.15) is 17.8 Å². The number of ether oxygens (including phenoxy) is 1. The Balaban J connectivity index is 2.30. The molecule has 8 heteroatoms. The first-order valence-electron chi connectivity index (χ1n) is 9.85. The average Bonchev–Trinajstić information content (AvgIpc) is 2.68. The summed E-state index contributed by atoms with van der Waals surface area (Å²) in [5.41, 5.74) is 1.66.